The van der Waals surface area contributed by atoms with Crippen molar-refractivity contribution in [1.29, 1.82) is 0 Å². The number of unbranched alkanes of at least 4 members (excludes halogenated alkanes) is 32. The predicted octanol–water partition coefficient (Wildman–Crippen LogP) is 12.3. The summed E-state index contributed by atoms with van der Waals surface area (Å²) in [6, 6.07) is 0. The van der Waals surface area contributed by atoms with Gasteiger partial charge in [-0.15, -0.1) is 0 Å². The molecule has 10 heteroatoms. The second kappa shape index (κ2) is 43.3. The highest BCUT2D eigenvalue weighted by atomic mass is 16.7. The fourth-order valence-electron chi connectivity index (χ4n) is 8.24. The van der Waals surface area contributed by atoms with Crippen molar-refractivity contribution in [3.8, 4) is 0 Å². The molecule has 1 aliphatic rings. The molecule has 1 fully saturated rings. The van der Waals surface area contributed by atoms with E-state index in [9.17, 15) is 30.0 Å². The Bertz CT molecular complexity index is 1020. The lowest BCUT2D eigenvalue weighted by Gasteiger charge is -2.39. The molecule has 366 valence electrons. The number of aliphatic hydroxyl groups is 4. The molecular weight excluding hydrogens is 785 g/mol. The second-order valence-corrected chi connectivity index (χ2v) is 18.3. The number of carbonyl (C=O) groups is 2. The number of rotatable bonds is 45. The van der Waals surface area contributed by atoms with E-state index in [4.69, 9.17) is 18.9 Å². The van der Waals surface area contributed by atoms with E-state index in [1.54, 1.807) is 0 Å². The predicted molar refractivity (Wildman–Crippen MR) is 252 cm³/mol. The first kappa shape index (κ1) is 58.5. The Hall–Kier alpha value is -1.56. The Balaban J connectivity index is 2.19. The Labute approximate surface area is 380 Å². The van der Waals surface area contributed by atoms with Crippen molar-refractivity contribution < 1.29 is 49.0 Å². The van der Waals surface area contributed by atoms with Gasteiger partial charge in [0.15, 0.2) is 12.4 Å². The first-order valence-corrected chi connectivity index (χ1v) is 26.3. The molecule has 6 atom stereocenters. The first-order chi connectivity index (χ1) is 30.3. The molecule has 10 nitrogen and oxygen atoms in total. The van der Waals surface area contributed by atoms with E-state index < -0.39 is 49.4 Å². The molecule has 1 rings (SSSR count). The van der Waals surface area contributed by atoms with Crippen LogP contribution in [0.4, 0.5) is 0 Å². The summed E-state index contributed by atoms with van der Waals surface area (Å²) >= 11 is 0. The van der Waals surface area contributed by atoms with E-state index in [1.165, 1.54) is 161 Å². The van der Waals surface area contributed by atoms with Crippen molar-refractivity contribution in [3.05, 3.63) is 12.2 Å². The van der Waals surface area contributed by atoms with Crippen molar-refractivity contribution in [3.63, 3.8) is 0 Å². The van der Waals surface area contributed by atoms with Crippen molar-refractivity contribution in [2.75, 3.05) is 19.8 Å². The minimum Gasteiger partial charge on any atom is -0.462 e. The molecule has 0 aromatic heterocycles. The van der Waals surface area contributed by atoms with Crippen LogP contribution >= 0.6 is 0 Å². The molecule has 0 spiro atoms. The Morgan fingerprint density at radius 1 is 0.484 bits per heavy atom. The normalized spacial score (nSPS) is 19.6. The molecule has 4 N–H and O–H groups in total. The molecule has 62 heavy (non-hydrogen) atoms. The van der Waals surface area contributed by atoms with Crippen LogP contribution in [0, 0.1) is 0 Å². The van der Waals surface area contributed by atoms with Crippen molar-refractivity contribution in [1.82, 2.24) is 0 Å². The summed E-state index contributed by atoms with van der Waals surface area (Å²) in [6.07, 6.45) is 40.9. The smallest absolute Gasteiger partial charge is 0.306 e. The molecule has 0 bridgehead atoms. The van der Waals surface area contributed by atoms with Crippen LogP contribution in [0.3, 0.4) is 0 Å². The summed E-state index contributed by atoms with van der Waals surface area (Å²) in [5.74, 6) is -0.802. The van der Waals surface area contributed by atoms with Crippen LogP contribution in [-0.4, -0.2) is 89.0 Å². The van der Waals surface area contributed by atoms with Gasteiger partial charge in [-0.25, -0.2) is 0 Å². The van der Waals surface area contributed by atoms with Gasteiger partial charge in [0.05, 0.1) is 13.2 Å². The zero-order valence-electron chi connectivity index (χ0n) is 40.1. The standard InChI is InChI=1S/C52H98O10/c1-3-5-7-9-11-13-15-17-18-19-20-21-22-23-24-25-26-27-29-30-32-34-36-38-40-47(54)59-43-45(44-60-52-51(58)50(57)49(56)46(42-53)62-52)61-48(55)41-39-37-35-33-31-28-16-14-12-10-8-6-4-2/h14,16,45-46,49-53,56-58H,3-13,15,17-44H2,1-2H3/b16-14-. The third-order valence-corrected chi connectivity index (χ3v) is 12.4. The van der Waals surface area contributed by atoms with Gasteiger partial charge in [-0.1, -0.05) is 212 Å². The lowest BCUT2D eigenvalue weighted by molar-refractivity contribution is -0.305. The van der Waals surface area contributed by atoms with Gasteiger partial charge < -0.3 is 39.4 Å². The maximum absolute atomic E-state index is 12.8. The topological polar surface area (TPSA) is 152 Å². The quantitative estimate of drug-likeness (QED) is 0.0264. The minimum absolute atomic E-state index is 0.215. The van der Waals surface area contributed by atoms with Gasteiger partial charge in [0.1, 0.15) is 31.0 Å². The van der Waals surface area contributed by atoms with E-state index >= 15 is 0 Å². The molecule has 0 amide bonds. The summed E-state index contributed by atoms with van der Waals surface area (Å²) in [5.41, 5.74) is 0. The van der Waals surface area contributed by atoms with Crippen LogP contribution in [-0.2, 0) is 28.5 Å². The third-order valence-electron chi connectivity index (χ3n) is 12.4. The van der Waals surface area contributed by atoms with Crippen molar-refractivity contribution in [2.24, 2.45) is 0 Å². The van der Waals surface area contributed by atoms with Crippen molar-refractivity contribution >= 4 is 11.9 Å². The maximum atomic E-state index is 12.8. The van der Waals surface area contributed by atoms with Gasteiger partial charge in [0.2, 0.25) is 0 Å². The van der Waals surface area contributed by atoms with E-state index in [-0.39, 0.29) is 32.0 Å². The van der Waals surface area contributed by atoms with E-state index in [0.29, 0.717) is 6.42 Å². The van der Waals surface area contributed by atoms with Crippen LogP contribution in [0.25, 0.3) is 0 Å². The van der Waals surface area contributed by atoms with Crippen molar-refractivity contribution in [2.45, 2.75) is 288 Å². The molecule has 1 aliphatic heterocycles. The highest BCUT2D eigenvalue weighted by molar-refractivity contribution is 5.70. The van der Waals surface area contributed by atoms with Crippen LogP contribution in [0.1, 0.15) is 251 Å². The summed E-state index contributed by atoms with van der Waals surface area (Å²) in [7, 11) is 0. The van der Waals surface area contributed by atoms with E-state index in [0.717, 1.165) is 57.8 Å². The zero-order valence-corrected chi connectivity index (χ0v) is 40.1. The molecule has 1 heterocycles. The van der Waals surface area contributed by atoms with Gasteiger partial charge in [-0.05, 0) is 38.5 Å². The molecule has 0 saturated carbocycles. The van der Waals surface area contributed by atoms with Gasteiger partial charge >= 0.3 is 11.9 Å². The van der Waals surface area contributed by atoms with Crippen LogP contribution in [0.2, 0.25) is 0 Å². The monoisotopic (exact) mass is 883 g/mol. The van der Waals surface area contributed by atoms with E-state index in [1.807, 2.05) is 0 Å². The van der Waals surface area contributed by atoms with Crippen LogP contribution < -0.4 is 0 Å². The Morgan fingerprint density at radius 2 is 0.855 bits per heavy atom. The van der Waals surface area contributed by atoms with Gasteiger partial charge in [0, 0.05) is 12.8 Å². The molecule has 6 unspecified atom stereocenters. The highest BCUT2D eigenvalue weighted by Crippen LogP contribution is 2.23. The molecule has 0 aromatic rings. The number of ether oxygens (including phenoxy) is 4. The lowest BCUT2D eigenvalue weighted by Crippen LogP contribution is -2.59. The number of aliphatic hydroxyl groups excluding tert-OH is 4. The van der Waals surface area contributed by atoms with Gasteiger partial charge in [-0.2, -0.15) is 0 Å². The largest absolute Gasteiger partial charge is 0.462 e. The molecule has 0 aliphatic carbocycles. The summed E-state index contributed by atoms with van der Waals surface area (Å²) in [4.78, 5) is 25.4. The summed E-state index contributed by atoms with van der Waals surface area (Å²) in [6.45, 7) is 3.44. The third kappa shape index (κ3) is 33.9. The van der Waals surface area contributed by atoms with Crippen LogP contribution in [0.15, 0.2) is 12.2 Å². The fourth-order valence-corrected chi connectivity index (χ4v) is 8.24. The molecular formula is C52H98O10. The highest BCUT2D eigenvalue weighted by Gasteiger charge is 2.44. The summed E-state index contributed by atoms with van der Waals surface area (Å²) < 4.78 is 22.2. The average Bonchev–Trinajstić information content (AvgIpc) is 3.27. The Morgan fingerprint density at radius 3 is 1.27 bits per heavy atom. The molecule has 1 saturated heterocycles. The zero-order chi connectivity index (χ0) is 45.1. The minimum atomic E-state index is -1.59. The maximum Gasteiger partial charge on any atom is 0.306 e. The number of hydrogen-bond donors (Lipinski definition) is 4. The molecule has 0 aromatic carbocycles. The van der Waals surface area contributed by atoms with Gasteiger partial charge in [0.25, 0.3) is 0 Å². The second-order valence-electron chi connectivity index (χ2n) is 18.3. The average molecular weight is 883 g/mol. The lowest BCUT2D eigenvalue weighted by atomic mass is 9.99. The van der Waals surface area contributed by atoms with E-state index in [2.05, 4.69) is 26.0 Å². The number of allylic oxidation sites excluding steroid dienone is 2. The number of hydrogen-bond acceptors (Lipinski definition) is 10. The van der Waals surface area contributed by atoms with Crippen LogP contribution in [0.5, 0.6) is 0 Å². The SMILES string of the molecule is CCCCCC/C=C\CCCCCCCC(=O)OC(COC(=O)CCCCCCCCCCCCCCCCCCCCCCCCCC)COC1OC(CO)C(O)C(O)C1O. The molecule has 0 radical (unpaired) electrons. The Kier molecular flexibility index (Phi) is 40.9. The first-order valence-electron chi connectivity index (χ1n) is 26.3. The van der Waals surface area contributed by atoms with Gasteiger partial charge in [-0.3, -0.25) is 9.59 Å². The number of esters is 2. The number of carbonyl (C=O) groups excluding carboxylic acids is 2. The summed E-state index contributed by atoms with van der Waals surface area (Å²) in [5, 5.41) is 40.2. The fraction of sp³-hybridized carbons (Fsp3) is 0.923.